The van der Waals surface area contributed by atoms with Gasteiger partial charge in [0.05, 0.1) is 0 Å². The van der Waals surface area contributed by atoms with Gasteiger partial charge in [0.1, 0.15) is 5.69 Å². The highest BCUT2D eigenvalue weighted by Crippen LogP contribution is 2.54. The molecule has 2 heterocycles. The van der Waals surface area contributed by atoms with E-state index in [2.05, 4.69) is 38.8 Å². The standard InChI is InChI=1S/C14H11N3OS/c1-2-4-9(5-3-1)10-8-11(10)14-15-13(16-18-14)12-6-7-19-17-12/h1-7,10-11H,8H2/t10-,11+/m1/s1. The quantitative estimate of drug-likeness (QED) is 0.730. The summed E-state index contributed by atoms with van der Waals surface area (Å²) in [5.74, 6) is 2.21. The predicted octanol–water partition coefficient (Wildman–Crippen LogP) is 3.46. The second kappa shape index (κ2) is 4.28. The van der Waals surface area contributed by atoms with Crippen molar-refractivity contribution in [3.05, 3.63) is 53.2 Å². The summed E-state index contributed by atoms with van der Waals surface area (Å²) >= 11 is 1.39. The van der Waals surface area contributed by atoms with Crippen LogP contribution in [0.2, 0.25) is 0 Å². The maximum absolute atomic E-state index is 5.37. The Kier molecular flexibility index (Phi) is 2.45. The average molecular weight is 269 g/mol. The minimum atomic E-state index is 0.363. The van der Waals surface area contributed by atoms with Gasteiger partial charge < -0.3 is 4.52 Å². The zero-order chi connectivity index (χ0) is 12.7. The van der Waals surface area contributed by atoms with Crippen molar-refractivity contribution in [1.82, 2.24) is 14.5 Å². The average Bonchev–Trinajstić information content (AvgIpc) is 2.90. The molecule has 2 aromatic heterocycles. The van der Waals surface area contributed by atoms with Crippen LogP contribution in [-0.4, -0.2) is 14.5 Å². The summed E-state index contributed by atoms with van der Waals surface area (Å²) in [5, 5.41) is 5.92. The van der Waals surface area contributed by atoms with Gasteiger partial charge in [-0.05, 0) is 35.5 Å². The van der Waals surface area contributed by atoms with E-state index < -0.39 is 0 Å². The molecule has 4 rings (SSSR count). The normalized spacial score (nSPS) is 21.5. The fourth-order valence-corrected chi connectivity index (χ4v) is 2.86. The minimum Gasteiger partial charge on any atom is -0.339 e. The molecule has 1 aliphatic rings. The zero-order valence-corrected chi connectivity index (χ0v) is 10.9. The highest BCUT2D eigenvalue weighted by molar-refractivity contribution is 7.03. The molecule has 1 aromatic carbocycles. The van der Waals surface area contributed by atoms with Crippen LogP contribution < -0.4 is 0 Å². The van der Waals surface area contributed by atoms with Gasteiger partial charge >= 0.3 is 0 Å². The first-order chi connectivity index (χ1) is 9.42. The Bertz CT molecular complexity index is 678. The van der Waals surface area contributed by atoms with Crippen molar-refractivity contribution in [2.24, 2.45) is 0 Å². The molecule has 3 aromatic rings. The number of aromatic nitrogens is 3. The molecule has 0 bridgehead atoms. The van der Waals surface area contributed by atoms with E-state index in [1.54, 1.807) is 0 Å². The second-order valence-corrected chi connectivity index (χ2v) is 5.37. The first-order valence-corrected chi connectivity index (χ1v) is 7.05. The molecular formula is C14H11N3OS. The largest absolute Gasteiger partial charge is 0.339 e. The summed E-state index contributed by atoms with van der Waals surface area (Å²) in [6.45, 7) is 0. The lowest BCUT2D eigenvalue weighted by Crippen LogP contribution is -1.85. The molecule has 5 heteroatoms. The summed E-state index contributed by atoms with van der Waals surface area (Å²) in [6, 6.07) is 12.4. The highest BCUT2D eigenvalue weighted by atomic mass is 32.1. The molecule has 0 unspecified atom stereocenters. The van der Waals surface area contributed by atoms with E-state index in [4.69, 9.17) is 4.52 Å². The molecule has 1 saturated carbocycles. The van der Waals surface area contributed by atoms with Crippen molar-refractivity contribution in [1.29, 1.82) is 0 Å². The van der Waals surface area contributed by atoms with E-state index in [0.717, 1.165) is 18.0 Å². The Morgan fingerprint density at radius 3 is 2.79 bits per heavy atom. The third kappa shape index (κ3) is 1.96. The molecule has 94 valence electrons. The van der Waals surface area contributed by atoms with Crippen LogP contribution in [-0.2, 0) is 0 Å². The Balaban J connectivity index is 1.56. The van der Waals surface area contributed by atoms with Gasteiger partial charge in [-0.25, -0.2) is 0 Å². The maximum atomic E-state index is 5.37. The van der Waals surface area contributed by atoms with Crippen LogP contribution in [0.5, 0.6) is 0 Å². The maximum Gasteiger partial charge on any atom is 0.230 e. The zero-order valence-electron chi connectivity index (χ0n) is 10.1. The summed E-state index contributed by atoms with van der Waals surface area (Å²) < 4.78 is 9.58. The molecule has 4 nitrogen and oxygen atoms in total. The first-order valence-electron chi connectivity index (χ1n) is 6.21. The minimum absolute atomic E-state index is 0.363. The number of nitrogens with zero attached hydrogens (tertiary/aromatic N) is 3. The van der Waals surface area contributed by atoms with E-state index in [9.17, 15) is 0 Å². The number of hydrogen-bond donors (Lipinski definition) is 0. The van der Waals surface area contributed by atoms with Crippen LogP contribution in [0.3, 0.4) is 0 Å². The summed E-state index contributed by atoms with van der Waals surface area (Å²) in [5.41, 5.74) is 2.14. The van der Waals surface area contributed by atoms with Gasteiger partial charge in [-0.3, -0.25) is 0 Å². The number of benzene rings is 1. The second-order valence-electron chi connectivity index (χ2n) is 4.70. The molecule has 0 aliphatic heterocycles. The van der Waals surface area contributed by atoms with Gasteiger partial charge in [-0.2, -0.15) is 9.36 Å². The molecule has 0 amide bonds. The third-order valence-electron chi connectivity index (χ3n) is 3.44. The third-order valence-corrected chi connectivity index (χ3v) is 4.00. The molecule has 1 fully saturated rings. The van der Waals surface area contributed by atoms with Gasteiger partial charge in [-0.15, -0.1) is 0 Å². The molecular weight excluding hydrogens is 258 g/mol. The Morgan fingerprint density at radius 2 is 2.00 bits per heavy atom. The smallest absolute Gasteiger partial charge is 0.230 e. The summed E-state index contributed by atoms with van der Waals surface area (Å²) in [4.78, 5) is 4.46. The van der Waals surface area contributed by atoms with Crippen LogP contribution in [0.25, 0.3) is 11.5 Å². The van der Waals surface area contributed by atoms with Gasteiger partial charge in [0.2, 0.25) is 11.7 Å². The van der Waals surface area contributed by atoms with Crippen LogP contribution in [0.15, 0.2) is 46.3 Å². The van der Waals surface area contributed by atoms with Gasteiger partial charge in [0.25, 0.3) is 0 Å². The fraction of sp³-hybridized carbons (Fsp3) is 0.214. The lowest BCUT2D eigenvalue weighted by Gasteiger charge is -1.96. The summed E-state index contributed by atoms with van der Waals surface area (Å²) in [7, 11) is 0. The molecule has 1 aliphatic carbocycles. The van der Waals surface area contributed by atoms with Crippen LogP contribution in [0, 0.1) is 0 Å². The highest BCUT2D eigenvalue weighted by Gasteiger charge is 2.43. The lowest BCUT2D eigenvalue weighted by atomic mass is 10.1. The molecule has 0 radical (unpaired) electrons. The van der Waals surface area contributed by atoms with E-state index >= 15 is 0 Å². The SMILES string of the molecule is c1ccc([C@H]2C[C@@H]2c2nc(-c3ccsn3)no2)cc1. The van der Waals surface area contributed by atoms with Crippen molar-refractivity contribution in [3.63, 3.8) is 0 Å². The number of rotatable bonds is 3. The first kappa shape index (κ1) is 10.9. The Labute approximate surface area is 114 Å². The predicted molar refractivity (Wildman–Crippen MR) is 71.9 cm³/mol. The van der Waals surface area contributed by atoms with Gasteiger partial charge in [-0.1, -0.05) is 35.5 Å². The molecule has 0 spiro atoms. The van der Waals surface area contributed by atoms with Crippen LogP contribution >= 0.6 is 11.5 Å². The molecule has 0 N–H and O–H groups in total. The van der Waals surface area contributed by atoms with Crippen molar-refractivity contribution in [2.45, 2.75) is 18.3 Å². The van der Waals surface area contributed by atoms with E-state index in [0.29, 0.717) is 17.7 Å². The molecule has 19 heavy (non-hydrogen) atoms. The van der Waals surface area contributed by atoms with Crippen molar-refractivity contribution in [2.75, 3.05) is 0 Å². The van der Waals surface area contributed by atoms with Crippen LogP contribution in [0.4, 0.5) is 0 Å². The molecule has 0 saturated heterocycles. The molecule has 2 atom stereocenters. The lowest BCUT2D eigenvalue weighted by molar-refractivity contribution is 0.378. The summed E-state index contributed by atoms with van der Waals surface area (Å²) in [6.07, 6.45) is 1.09. The number of hydrogen-bond acceptors (Lipinski definition) is 5. The van der Waals surface area contributed by atoms with Gasteiger partial charge in [0.15, 0.2) is 0 Å². The van der Waals surface area contributed by atoms with E-state index in [1.165, 1.54) is 17.1 Å². The van der Waals surface area contributed by atoms with E-state index in [-0.39, 0.29) is 0 Å². The fourth-order valence-electron chi connectivity index (χ4n) is 2.35. The van der Waals surface area contributed by atoms with Crippen molar-refractivity contribution in [3.8, 4) is 11.5 Å². The topological polar surface area (TPSA) is 51.8 Å². The van der Waals surface area contributed by atoms with Crippen molar-refractivity contribution < 1.29 is 4.52 Å². The van der Waals surface area contributed by atoms with Crippen molar-refractivity contribution >= 4 is 11.5 Å². The van der Waals surface area contributed by atoms with Gasteiger partial charge in [0, 0.05) is 11.3 Å². The Morgan fingerprint density at radius 1 is 1.11 bits per heavy atom. The Hall–Kier alpha value is -2.01. The van der Waals surface area contributed by atoms with Crippen LogP contribution in [0.1, 0.15) is 29.7 Å². The van der Waals surface area contributed by atoms with E-state index in [1.807, 2.05) is 17.5 Å². The monoisotopic (exact) mass is 269 g/mol.